The van der Waals surface area contributed by atoms with Crippen molar-refractivity contribution in [3.8, 4) is 0 Å². The first-order valence-electron chi connectivity index (χ1n) is 4.65. The van der Waals surface area contributed by atoms with Crippen molar-refractivity contribution in [2.24, 2.45) is 0 Å². The molecule has 7 heteroatoms. The molecule has 2 heterocycles. The molecule has 5 nitrogen and oxygen atoms in total. The van der Waals surface area contributed by atoms with E-state index in [4.69, 9.17) is 0 Å². The summed E-state index contributed by atoms with van der Waals surface area (Å²) in [6.07, 6.45) is 3.62. The van der Waals surface area contributed by atoms with E-state index < -0.39 is 0 Å². The number of nitrogens with zero attached hydrogens (tertiary/aromatic N) is 3. The Bertz CT molecular complexity index is 459. The zero-order chi connectivity index (χ0) is 11.4. The van der Waals surface area contributed by atoms with E-state index in [9.17, 15) is 4.39 Å². The van der Waals surface area contributed by atoms with Crippen LogP contribution in [0.2, 0.25) is 0 Å². The number of rotatable bonds is 4. The summed E-state index contributed by atoms with van der Waals surface area (Å²) in [4.78, 5) is 7.87. The van der Waals surface area contributed by atoms with Gasteiger partial charge in [0.2, 0.25) is 0 Å². The first kappa shape index (κ1) is 11.0. The topological polar surface area (TPSA) is 66.5 Å². The average molecular weight is 286 g/mol. The molecule has 0 aliphatic carbocycles. The van der Waals surface area contributed by atoms with Gasteiger partial charge in [0, 0.05) is 23.6 Å². The molecule has 0 aliphatic heterocycles. The van der Waals surface area contributed by atoms with E-state index in [2.05, 4.69) is 41.4 Å². The molecule has 0 radical (unpaired) electrons. The Labute approximate surface area is 99.6 Å². The molecule has 0 saturated carbocycles. The van der Waals surface area contributed by atoms with Crippen molar-refractivity contribution in [1.29, 1.82) is 0 Å². The lowest BCUT2D eigenvalue weighted by molar-refractivity contribution is 0.623. The first-order valence-corrected chi connectivity index (χ1v) is 5.44. The van der Waals surface area contributed by atoms with E-state index in [1.165, 1.54) is 12.4 Å². The predicted molar refractivity (Wildman–Crippen MR) is 60.5 cm³/mol. The van der Waals surface area contributed by atoms with Gasteiger partial charge in [0.15, 0.2) is 11.6 Å². The molecule has 0 atom stereocenters. The fourth-order valence-electron chi connectivity index (χ4n) is 1.20. The van der Waals surface area contributed by atoms with Crippen molar-refractivity contribution in [2.45, 2.75) is 6.42 Å². The molecule has 2 N–H and O–H groups in total. The summed E-state index contributed by atoms with van der Waals surface area (Å²) < 4.78 is 13.9. The lowest BCUT2D eigenvalue weighted by Crippen LogP contribution is -2.08. The summed E-state index contributed by atoms with van der Waals surface area (Å²) in [6.45, 7) is 0.542. The van der Waals surface area contributed by atoms with Crippen LogP contribution in [0.5, 0.6) is 0 Å². The SMILES string of the molecule is Fc1cc(Br)cnc1NCCc1ncn[nH]1. The van der Waals surface area contributed by atoms with Crippen LogP contribution in [-0.4, -0.2) is 26.7 Å². The molecule has 2 rings (SSSR count). The van der Waals surface area contributed by atoms with E-state index in [1.807, 2.05) is 0 Å². The van der Waals surface area contributed by atoms with Crippen LogP contribution < -0.4 is 5.32 Å². The molecule has 2 aromatic heterocycles. The van der Waals surface area contributed by atoms with Gasteiger partial charge >= 0.3 is 0 Å². The molecule has 0 fully saturated rings. The molecule has 84 valence electrons. The molecule has 0 saturated heterocycles. The second-order valence-electron chi connectivity index (χ2n) is 3.09. The van der Waals surface area contributed by atoms with Crippen LogP contribution in [-0.2, 0) is 6.42 Å². The zero-order valence-electron chi connectivity index (χ0n) is 8.24. The third-order valence-electron chi connectivity index (χ3n) is 1.93. The van der Waals surface area contributed by atoms with Crippen molar-refractivity contribution in [3.05, 3.63) is 34.7 Å². The van der Waals surface area contributed by atoms with E-state index in [0.29, 0.717) is 17.4 Å². The first-order chi connectivity index (χ1) is 7.75. The third kappa shape index (κ3) is 2.75. The number of anilines is 1. The second-order valence-corrected chi connectivity index (χ2v) is 4.01. The Morgan fingerprint density at radius 3 is 3.00 bits per heavy atom. The Balaban J connectivity index is 1.90. The minimum Gasteiger partial charge on any atom is -0.367 e. The third-order valence-corrected chi connectivity index (χ3v) is 2.36. The molecule has 16 heavy (non-hydrogen) atoms. The van der Waals surface area contributed by atoms with Crippen LogP contribution in [0.25, 0.3) is 0 Å². The highest BCUT2D eigenvalue weighted by molar-refractivity contribution is 9.10. The Morgan fingerprint density at radius 2 is 2.31 bits per heavy atom. The molecule has 0 amide bonds. The highest BCUT2D eigenvalue weighted by Gasteiger charge is 2.03. The molecular weight excluding hydrogens is 277 g/mol. The predicted octanol–water partition coefficient (Wildman–Crippen LogP) is 1.76. The average Bonchev–Trinajstić information content (AvgIpc) is 2.74. The molecule has 0 spiro atoms. The number of aromatic nitrogens is 4. The molecule has 0 aliphatic rings. The number of nitrogens with one attached hydrogen (secondary N) is 2. The summed E-state index contributed by atoms with van der Waals surface area (Å²) in [5.41, 5.74) is 0. The summed E-state index contributed by atoms with van der Waals surface area (Å²) in [6, 6.07) is 1.36. The summed E-state index contributed by atoms with van der Waals surface area (Å²) in [7, 11) is 0. The lowest BCUT2D eigenvalue weighted by atomic mass is 10.4. The van der Waals surface area contributed by atoms with Gasteiger partial charge in [-0.05, 0) is 22.0 Å². The van der Waals surface area contributed by atoms with Crippen LogP contribution in [0, 0.1) is 5.82 Å². The Morgan fingerprint density at radius 1 is 1.44 bits per heavy atom. The van der Waals surface area contributed by atoms with Crippen LogP contribution in [0.1, 0.15) is 5.82 Å². The van der Waals surface area contributed by atoms with E-state index in [0.717, 1.165) is 5.82 Å². The Kier molecular flexibility index (Phi) is 3.45. The summed E-state index contributed by atoms with van der Waals surface area (Å²) >= 11 is 3.14. The lowest BCUT2D eigenvalue weighted by Gasteiger charge is -2.05. The number of pyridine rings is 1. The highest BCUT2D eigenvalue weighted by atomic mass is 79.9. The van der Waals surface area contributed by atoms with Gasteiger partial charge in [0.05, 0.1) is 0 Å². The molecule has 0 aromatic carbocycles. The van der Waals surface area contributed by atoms with E-state index in [1.54, 1.807) is 6.20 Å². The summed E-state index contributed by atoms with van der Waals surface area (Å²) in [5.74, 6) is 0.611. The van der Waals surface area contributed by atoms with Crippen molar-refractivity contribution in [2.75, 3.05) is 11.9 Å². The van der Waals surface area contributed by atoms with Crippen LogP contribution in [0.3, 0.4) is 0 Å². The maximum atomic E-state index is 13.3. The van der Waals surface area contributed by atoms with Gasteiger partial charge in [0.1, 0.15) is 12.2 Å². The normalized spacial score (nSPS) is 10.4. The monoisotopic (exact) mass is 285 g/mol. The van der Waals surface area contributed by atoms with Gasteiger partial charge in [-0.3, -0.25) is 5.10 Å². The van der Waals surface area contributed by atoms with Gasteiger partial charge < -0.3 is 5.32 Å². The minimum absolute atomic E-state index is 0.239. The Hall–Kier alpha value is -1.50. The maximum absolute atomic E-state index is 13.3. The van der Waals surface area contributed by atoms with Crippen molar-refractivity contribution >= 4 is 21.7 Å². The molecule has 2 aromatic rings. The van der Waals surface area contributed by atoms with Gasteiger partial charge in [-0.15, -0.1) is 0 Å². The van der Waals surface area contributed by atoms with Gasteiger partial charge in [-0.25, -0.2) is 14.4 Å². The van der Waals surface area contributed by atoms with Gasteiger partial charge in [0.25, 0.3) is 0 Å². The zero-order valence-corrected chi connectivity index (χ0v) is 9.83. The highest BCUT2D eigenvalue weighted by Crippen LogP contribution is 2.15. The fraction of sp³-hybridized carbons (Fsp3) is 0.222. The van der Waals surface area contributed by atoms with E-state index >= 15 is 0 Å². The largest absolute Gasteiger partial charge is 0.367 e. The van der Waals surface area contributed by atoms with Crippen LogP contribution in [0.15, 0.2) is 23.1 Å². The smallest absolute Gasteiger partial charge is 0.166 e. The van der Waals surface area contributed by atoms with Crippen molar-refractivity contribution in [1.82, 2.24) is 20.2 Å². The summed E-state index contributed by atoms with van der Waals surface area (Å²) in [5, 5.41) is 9.33. The van der Waals surface area contributed by atoms with Gasteiger partial charge in [-0.1, -0.05) is 0 Å². The molecule has 0 unspecified atom stereocenters. The van der Waals surface area contributed by atoms with Crippen molar-refractivity contribution in [3.63, 3.8) is 0 Å². The second kappa shape index (κ2) is 5.02. The number of halogens is 2. The number of H-pyrrole nitrogens is 1. The fourth-order valence-corrected chi connectivity index (χ4v) is 1.50. The molecular formula is C9H9BrFN5. The van der Waals surface area contributed by atoms with Gasteiger partial charge in [-0.2, -0.15) is 5.10 Å². The number of hydrogen-bond acceptors (Lipinski definition) is 4. The van der Waals surface area contributed by atoms with Crippen molar-refractivity contribution < 1.29 is 4.39 Å². The molecule has 0 bridgehead atoms. The van der Waals surface area contributed by atoms with E-state index in [-0.39, 0.29) is 11.6 Å². The standard InChI is InChI=1S/C9H9BrFN5/c10-6-3-7(11)9(13-4-6)12-2-1-8-14-5-15-16-8/h3-5H,1-2H2,(H,12,13)(H,14,15,16). The van der Waals surface area contributed by atoms with Crippen LogP contribution in [0.4, 0.5) is 10.2 Å². The van der Waals surface area contributed by atoms with Crippen LogP contribution >= 0.6 is 15.9 Å². The quantitative estimate of drug-likeness (QED) is 0.898. The number of aromatic amines is 1. The maximum Gasteiger partial charge on any atom is 0.166 e. The number of hydrogen-bond donors (Lipinski definition) is 2. The minimum atomic E-state index is -0.382.